The van der Waals surface area contributed by atoms with Crippen LogP contribution in [0.2, 0.25) is 0 Å². The Morgan fingerprint density at radius 2 is 1.88 bits per heavy atom. The number of carbonyl (C=O) groups is 1. The molecule has 0 spiro atoms. The highest BCUT2D eigenvalue weighted by molar-refractivity contribution is 8.19. The lowest BCUT2D eigenvalue weighted by molar-refractivity contribution is -0.141. The van der Waals surface area contributed by atoms with Crippen LogP contribution in [0, 0.1) is 0 Å². The molecule has 1 saturated heterocycles. The Balaban J connectivity index is 2.38. The summed E-state index contributed by atoms with van der Waals surface area (Å²) in [5.41, 5.74) is 1.04. The van der Waals surface area contributed by atoms with Crippen LogP contribution in [0.1, 0.15) is 12.0 Å². The highest BCUT2D eigenvalue weighted by Gasteiger charge is 2.44. The van der Waals surface area contributed by atoms with Gasteiger partial charge >= 0.3 is 5.97 Å². The van der Waals surface area contributed by atoms with Crippen molar-refractivity contribution in [2.24, 2.45) is 0 Å². The summed E-state index contributed by atoms with van der Waals surface area (Å²) in [7, 11) is 1.46. The average Bonchev–Trinajstić information content (AvgIpc) is 2.39. The van der Waals surface area contributed by atoms with Gasteiger partial charge in [-0.2, -0.15) is 0 Å². The van der Waals surface area contributed by atoms with E-state index < -0.39 is 4.08 Å². The van der Waals surface area contributed by atoms with E-state index in [0.717, 1.165) is 23.5 Å². The van der Waals surface area contributed by atoms with Gasteiger partial charge in [-0.15, -0.1) is 23.5 Å². The lowest BCUT2D eigenvalue weighted by Crippen LogP contribution is -2.33. The number of rotatable bonds is 2. The van der Waals surface area contributed by atoms with Crippen LogP contribution in [0.4, 0.5) is 0 Å². The minimum absolute atomic E-state index is 0.145. The molecule has 0 radical (unpaired) electrons. The van der Waals surface area contributed by atoms with Crippen LogP contribution in [-0.2, 0) is 13.6 Å². The van der Waals surface area contributed by atoms with E-state index in [1.165, 1.54) is 7.11 Å². The zero-order chi connectivity index (χ0) is 11.4. The van der Waals surface area contributed by atoms with Gasteiger partial charge in [0.05, 0.1) is 7.11 Å². The Bertz CT molecular complexity index is 359. The number of ether oxygens (including phenoxy) is 1. The first-order valence-corrected chi connectivity index (χ1v) is 7.18. The van der Waals surface area contributed by atoms with Crippen molar-refractivity contribution in [3.63, 3.8) is 0 Å². The molecule has 0 aromatic heterocycles. The average molecular weight is 254 g/mol. The molecule has 0 unspecified atom stereocenters. The minimum atomic E-state index is -0.547. The minimum Gasteiger partial charge on any atom is -0.467 e. The number of thioether (sulfide) groups is 2. The number of carbonyl (C=O) groups excluding carboxylic acids is 1. The molecule has 16 heavy (non-hydrogen) atoms. The van der Waals surface area contributed by atoms with E-state index in [1.54, 1.807) is 23.5 Å². The number of benzene rings is 1. The quantitative estimate of drug-likeness (QED) is 0.758. The fourth-order valence-corrected chi connectivity index (χ4v) is 4.90. The summed E-state index contributed by atoms with van der Waals surface area (Å²) in [6.07, 6.45) is 1.15. The monoisotopic (exact) mass is 254 g/mol. The van der Waals surface area contributed by atoms with E-state index in [2.05, 4.69) is 0 Å². The van der Waals surface area contributed by atoms with Gasteiger partial charge in [-0.25, -0.2) is 4.79 Å². The summed E-state index contributed by atoms with van der Waals surface area (Å²) in [5, 5.41) is 0. The second-order valence-electron chi connectivity index (χ2n) is 3.52. The van der Waals surface area contributed by atoms with Crippen molar-refractivity contribution in [1.82, 2.24) is 0 Å². The van der Waals surface area contributed by atoms with Gasteiger partial charge in [0.2, 0.25) is 0 Å². The van der Waals surface area contributed by atoms with E-state index in [0.29, 0.717) is 0 Å². The first kappa shape index (κ1) is 11.9. The molecule has 0 amide bonds. The molecule has 1 aromatic rings. The Labute approximate surface area is 104 Å². The molecule has 1 heterocycles. The van der Waals surface area contributed by atoms with Gasteiger partial charge in [-0.3, -0.25) is 0 Å². The van der Waals surface area contributed by atoms with Gasteiger partial charge in [0.15, 0.2) is 4.08 Å². The first-order chi connectivity index (χ1) is 7.79. The van der Waals surface area contributed by atoms with Gasteiger partial charge in [0, 0.05) is 0 Å². The van der Waals surface area contributed by atoms with E-state index in [4.69, 9.17) is 4.74 Å². The smallest absolute Gasteiger partial charge is 0.336 e. The second kappa shape index (κ2) is 5.15. The molecule has 0 atom stereocenters. The molecule has 4 heteroatoms. The zero-order valence-corrected chi connectivity index (χ0v) is 10.8. The molecule has 0 saturated carbocycles. The Hall–Kier alpha value is -0.610. The van der Waals surface area contributed by atoms with Crippen LogP contribution in [0.3, 0.4) is 0 Å². The molecular weight excluding hydrogens is 240 g/mol. The van der Waals surface area contributed by atoms with Crippen molar-refractivity contribution < 1.29 is 9.53 Å². The summed E-state index contributed by atoms with van der Waals surface area (Å²) in [4.78, 5) is 12.0. The molecule has 0 bridgehead atoms. The molecule has 86 valence electrons. The normalized spacial score (nSPS) is 19.1. The molecule has 0 N–H and O–H groups in total. The van der Waals surface area contributed by atoms with Gasteiger partial charge in [-0.05, 0) is 23.5 Å². The molecule has 1 aromatic carbocycles. The largest absolute Gasteiger partial charge is 0.467 e. The summed E-state index contributed by atoms with van der Waals surface area (Å²) >= 11 is 3.37. The van der Waals surface area contributed by atoms with Crippen LogP contribution >= 0.6 is 23.5 Å². The fourth-order valence-electron chi connectivity index (χ4n) is 1.73. The third-order valence-electron chi connectivity index (χ3n) is 2.51. The molecular formula is C12H14O2S2. The Kier molecular flexibility index (Phi) is 3.82. The molecule has 1 aliphatic rings. The third kappa shape index (κ3) is 2.09. The lowest BCUT2D eigenvalue weighted by atomic mass is 10.1. The SMILES string of the molecule is COC(=O)C1(c2ccccc2)SCCCS1. The fraction of sp³-hybridized carbons (Fsp3) is 0.417. The van der Waals surface area contributed by atoms with E-state index in [9.17, 15) is 4.79 Å². The molecule has 2 rings (SSSR count). The zero-order valence-electron chi connectivity index (χ0n) is 9.14. The van der Waals surface area contributed by atoms with Crippen molar-refractivity contribution in [2.75, 3.05) is 18.6 Å². The summed E-state index contributed by atoms with van der Waals surface area (Å²) in [6.45, 7) is 0. The van der Waals surface area contributed by atoms with Crippen molar-refractivity contribution in [3.8, 4) is 0 Å². The molecule has 1 aliphatic heterocycles. The lowest BCUT2D eigenvalue weighted by Gasteiger charge is -2.33. The molecule has 1 fully saturated rings. The van der Waals surface area contributed by atoms with Crippen LogP contribution in [0.25, 0.3) is 0 Å². The van der Waals surface area contributed by atoms with E-state index in [-0.39, 0.29) is 5.97 Å². The number of hydrogen-bond donors (Lipinski definition) is 0. The summed E-state index contributed by atoms with van der Waals surface area (Å²) in [5.74, 6) is 1.88. The predicted octanol–water partition coefficient (Wildman–Crippen LogP) is 2.88. The van der Waals surface area contributed by atoms with Crippen LogP contribution < -0.4 is 0 Å². The number of hydrogen-bond acceptors (Lipinski definition) is 4. The highest BCUT2D eigenvalue weighted by Crippen LogP contribution is 2.50. The third-order valence-corrected chi connectivity index (χ3v) is 5.82. The molecule has 0 aliphatic carbocycles. The maximum absolute atomic E-state index is 12.0. The van der Waals surface area contributed by atoms with Crippen molar-refractivity contribution >= 4 is 29.5 Å². The van der Waals surface area contributed by atoms with E-state index in [1.807, 2.05) is 30.3 Å². The topological polar surface area (TPSA) is 26.3 Å². The van der Waals surface area contributed by atoms with Gasteiger partial charge < -0.3 is 4.74 Å². The van der Waals surface area contributed by atoms with E-state index >= 15 is 0 Å². The summed E-state index contributed by atoms with van der Waals surface area (Å²) in [6, 6.07) is 9.91. The molecule has 2 nitrogen and oxygen atoms in total. The van der Waals surface area contributed by atoms with Crippen molar-refractivity contribution in [3.05, 3.63) is 35.9 Å². The van der Waals surface area contributed by atoms with Gasteiger partial charge in [0.25, 0.3) is 0 Å². The van der Waals surface area contributed by atoms with Gasteiger partial charge in [-0.1, -0.05) is 30.3 Å². The number of methoxy groups -OCH3 is 1. The van der Waals surface area contributed by atoms with Crippen LogP contribution in [0.5, 0.6) is 0 Å². The van der Waals surface area contributed by atoms with Crippen molar-refractivity contribution in [1.29, 1.82) is 0 Å². The first-order valence-electron chi connectivity index (χ1n) is 5.21. The Morgan fingerprint density at radius 3 is 2.44 bits per heavy atom. The van der Waals surface area contributed by atoms with Crippen LogP contribution in [-0.4, -0.2) is 24.6 Å². The predicted molar refractivity (Wildman–Crippen MR) is 69.7 cm³/mol. The van der Waals surface area contributed by atoms with Crippen LogP contribution in [0.15, 0.2) is 30.3 Å². The van der Waals surface area contributed by atoms with Crippen molar-refractivity contribution in [2.45, 2.75) is 10.5 Å². The maximum atomic E-state index is 12.0. The standard InChI is InChI=1S/C12H14O2S2/c1-14-11(13)12(15-8-5-9-16-12)10-6-3-2-4-7-10/h2-4,6-7H,5,8-9H2,1H3. The van der Waals surface area contributed by atoms with Gasteiger partial charge in [0.1, 0.15) is 0 Å². The number of esters is 1. The Morgan fingerprint density at radius 1 is 1.25 bits per heavy atom. The summed E-state index contributed by atoms with van der Waals surface area (Å²) < 4.78 is 4.42. The highest BCUT2D eigenvalue weighted by atomic mass is 32.2. The maximum Gasteiger partial charge on any atom is 0.336 e. The second-order valence-corrected chi connectivity index (χ2v) is 6.40.